The molecule has 5 heteroatoms. The van der Waals surface area contributed by atoms with Gasteiger partial charge in [-0.15, -0.1) is 0 Å². The Morgan fingerprint density at radius 3 is 2.86 bits per heavy atom. The zero-order valence-corrected chi connectivity index (χ0v) is 13.8. The Balaban J connectivity index is 1.78. The Morgan fingerprint density at radius 1 is 1.36 bits per heavy atom. The van der Waals surface area contributed by atoms with Crippen LogP contribution < -0.4 is 5.32 Å². The molecule has 1 amide bonds. The fraction of sp³-hybridized carbons (Fsp3) is 0.647. The largest absolute Gasteiger partial charge is 0.444 e. The number of hydrogen-bond acceptors (Lipinski definition) is 4. The van der Waals surface area contributed by atoms with E-state index in [1.807, 2.05) is 50.1 Å². The van der Waals surface area contributed by atoms with Gasteiger partial charge in [0, 0.05) is 31.9 Å². The second-order valence-electron chi connectivity index (χ2n) is 6.80. The molecular formula is C17H27N3O2. The van der Waals surface area contributed by atoms with Gasteiger partial charge < -0.3 is 15.0 Å². The normalized spacial score (nSPS) is 19.6. The van der Waals surface area contributed by atoms with E-state index in [9.17, 15) is 4.79 Å². The predicted octanol–water partition coefficient (Wildman–Crippen LogP) is 2.96. The maximum atomic E-state index is 12.1. The van der Waals surface area contributed by atoms with Crippen LogP contribution >= 0.6 is 0 Å². The highest BCUT2D eigenvalue weighted by Crippen LogP contribution is 2.15. The van der Waals surface area contributed by atoms with E-state index in [-0.39, 0.29) is 6.09 Å². The van der Waals surface area contributed by atoms with Crippen LogP contribution in [0.15, 0.2) is 24.4 Å². The lowest BCUT2D eigenvalue weighted by molar-refractivity contribution is 0.0256. The third-order valence-electron chi connectivity index (χ3n) is 3.68. The number of ether oxygens (including phenoxy) is 1. The zero-order chi connectivity index (χ0) is 16.0. The molecule has 1 fully saturated rings. The molecule has 122 valence electrons. The van der Waals surface area contributed by atoms with Crippen LogP contribution in [0.25, 0.3) is 0 Å². The van der Waals surface area contributed by atoms with Gasteiger partial charge in [-0.2, -0.15) is 0 Å². The minimum absolute atomic E-state index is 0.196. The number of amides is 1. The van der Waals surface area contributed by atoms with Gasteiger partial charge in [-0.3, -0.25) is 4.98 Å². The molecule has 1 aliphatic heterocycles. The molecule has 22 heavy (non-hydrogen) atoms. The van der Waals surface area contributed by atoms with Crippen molar-refractivity contribution in [3.05, 3.63) is 30.1 Å². The summed E-state index contributed by atoms with van der Waals surface area (Å²) >= 11 is 0. The van der Waals surface area contributed by atoms with Crippen LogP contribution in [0, 0.1) is 0 Å². The Morgan fingerprint density at radius 2 is 2.18 bits per heavy atom. The quantitative estimate of drug-likeness (QED) is 0.933. The van der Waals surface area contributed by atoms with Gasteiger partial charge in [0.25, 0.3) is 0 Å². The summed E-state index contributed by atoms with van der Waals surface area (Å²) < 4.78 is 5.45. The van der Waals surface area contributed by atoms with Crippen LogP contribution in [0.5, 0.6) is 0 Å². The van der Waals surface area contributed by atoms with Gasteiger partial charge in [-0.25, -0.2) is 4.79 Å². The maximum Gasteiger partial charge on any atom is 0.410 e. The molecule has 1 aromatic heterocycles. The average molecular weight is 305 g/mol. The number of rotatable bonds is 3. The van der Waals surface area contributed by atoms with Crippen LogP contribution in [-0.2, 0) is 11.3 Å². The lowest BCUT2D eigenvalue weighted by Gasteiger charge is -2.26. The highest BCUT2D eigenvalue weighted by atomic mass is 16.6. The van der Waals surface area contributed by atoms with Gasteiger partial charge in [-0.1, -0.05) is 6.07 Å². The summed E-state index contributed by atoms with van der Waals surface area (Å²) in [7, 11) is 0. The van der Waals surface area contributed by atoms with Crippen LogP contribution in [0.1, 0.15) is 45.7 Å². The molecule has 5 nitrogen and oxygen atoms in total. The highest BCUT2D eigenvalue weighted by Gasteiger charge is 2.24. The number of hydrogen-bond donors (Lipinski definition) is 1. The SMILES string of the molecule is CC(C)(C)OC(=O)N1CCCC(NCc2ccccn2)CC1. The second kappa shape index (κ2) is 7.58. The van der Waals surface area contributed by atoms with Crippen LogP contribution in [-0.4, -0.2) is 40.7 Å². The number of nitrogens with zero attached hydrogens (tertiary/aromatic N) is 2. The Hall–Kier alpha value is -1.62. The molecule has 0 spiro atoms. The summed E-state index contributed by atoms with van der Waals surface area (Å²) in [4.78, 5) is 18.3. The molecule has 1 saturated heterocycles. The van der Waals surface area contributed by atoms with Gasteiger partial charge in [0.2, 0.25) is 0 Å². The number of nitrogens with one attached hydrogen (secondary N) is 1. The number of aromatic nitrogens is 1. The molecule has 1 N–H and O–H groups in total. The summed E-state index contributed by atoms with van der Waals surface area (Å²) in [6.07, 6.45) is 4.64. The summed E-state index contributed by atoms with van der Waals surface area (Å²) in [6.45, 7) is 8.00. The molecule has 1 aromatic rings. The van der Waals surface area contributed by atoms with Gasteiger partial charge in [0.05, 0.1) is 5.69 Å². The molecule has 0 radical (unpaired) electrons. The second-order valence-corrected chi connectivity index (χ2v) is 6.80. The van der Waals surface area contributed by atoms with E-state index in [4.69, 9.17) is 4.74 Å². The van der Waals surface area contributed by atoms with E-state index in [0.29, 0.717) is 6.04 Å². The van der Waals surface area contributed by atoms with Gasteiger partial charge in [0.15, 0.2) is 0 Å². The summed E-state index contributed by atoms with van der Waals surface area (Å²) in [6, 6.07) is 6.38. The molecule has 1 atom stereocenters. The molecule has 2 rings (SSSR count). The smallest absolute Gasteiger partial charge is 0.410 e. The summed E-state index contributed by atoms with van der Waals surface area (Å²) in [5, 5.41) is 3.54. The van der Waals surface area contributed by atoms with E-state index in [0.717, 1.165) is 44.6 Å². The van der Waals surface area contributed by atoms with Crippen molar-refractivity contribution >= 4 is 6.09 Å². The molecular weight excluding hydrogens is 278 g/mol. The molecule has 2 heterocycles. The maximum absolute atomic E-state index is 12.1. The first kappa shape index (κ1) is 16.7. The van der Waals surface area contributed by atoms with Gasteiger partial charge >= 0.3 is 6.09 Å². The van der Waals surface area contributed by atoms with E-state index >= 15 is 0 Å². The van der Waals surface area contributed by atoms with Crippen molar-refractivity contribution < 1.29 is 9.53 Å². The van der Waals surface area contributed by atoms with Crippen molar-refractivity contribution in [2.75, 3.05) is 13.1 Å². The van der Waals surface area contributed by atoms with E-state index in [1.165, 1.54) is 0 Å². The van der Waals surface area contributed by atoms with Crippen LogP contribution in [0.2, 0.25) is 0 Å². The first-order valence-corrected chi connectivity index (χ1v) is 8.05. The Bertz CT molecular complexity index is 471. The lowest BCUT2D eigenvalue weighted by Crippen LogP contribution is -2.38. The zero-order valence-electron chi connectivity index (χ0n) is 13.8. The van der Waals surface area contributed by atoms with Crippen LogP contribution in [0.3, 0.4) is 0 Å². The summed E-state index contributed by atoms with van der Waals surface area (Å²) in [5.41, 5.74) is 0.621. The first-order chi connectivity index (χ1) is 10.4. The monoisotopic (exact) mass is 305 g/mol. The third-order valence-corrected chi connectivity index (χ3v) is 3.68. The van der Waals surface area contributed by atoms with E-state index in [1.54, 1.807) is 0 Å². The van der Waals surface area contributed by atoms with Crippen molar-refractivity contribution in [3.8, 4) is 0 Å². The average Bonchev–Trinajstić information content (AvgIpc) is 2.70. The fourth-order valence-electron chi connectivity index (χ4n) is 2.56. The van der Waals surface area contributed by atoms with Crippen molar-refractivity contribution in [3.63, 3.8) is 0 Å². The highest BCUT2D eigenvalue weighted by molar-refractivity contribution is 5.68. The van der Waals surface area contributed by atoms with Gasteiger partial charge in [-0.05, 0) is 52.2 Å². The molecule has 1 unspecified atom stereocenters. The molecule has 0 aromatic carbocycles. The number of carbonyl (C=O) groups is 1. The van der Waals surface area contributed by atoms with Crippen molar-refractivity contribution in [2.45, 2.75) is 58.2 Å². The minimum atomic E-state index is -0.431. The van der Waals surface area contributed by atoms with Crippen molar-refractivity contribution in [1.29, 1.82) is 0 Å². The number of likely N-dealkylation sites (tertiary alicyclic amines) is 1. The predicted molar refractivity (Wildman–Crippen MR) is 86.5 cm³/mol. The number of pyridine rings is 1. The van der Waals surface area contributed by atoms with E-state index in [2.05, 4.69) is 10.3 Å². The topological polar surface area (TPSA) is 54.5 Å². The third kappa shape index (κ3) is 5.64. The van der Waals surface area contributed by atoms with E-state index < -0.39 is 5.60 Å². The Labute approximate surface area is 133 Å². The Kier molecular flexibility index (Phi) is 5.77. The van der Waals surface area contributed by atoms with Gasteiger partial charge in [0.1, 0.15) is 5.60 Å². The lowest BCUT2D eigenvalue weighted by atomic mass is 10.1. The summed E-state index contributed by atoms with van der Waals surface area (Å²) in [5.74, 6) is 0. The standard InChI is InChI=1S/C17H27N3O2/c1-17(2,3)22-16(21)20-11-6-8-14(9-12-20)19-13-15-7-4-5-10-18-15/h4-5,7,10,14,19H,6,8-9,11-13H2,1-3H3. The van der Waals surface area contributed by atoms with Crippen molar-refractivity contribution in [2.24, 2.45) is 0 Å². The van der Waals surface area contributed by atoms with Crippen molar-refractivity contribution in [1.82, 2.24) is 15.2 Å². The minimum Gasteiger partial charge on any atom is -0.444 e. The first-order valence-electron chi connectivity index (χ1n) is 8.05. The molecule has 0 aliphatic carbocycles. The fourth-order valence-corrected chi connectivity index (χ4v) is 2.56. The molecule has 0 saturated carbocycles. The number of carbonyl (C=O) groups excluding carboxylic acids is 1. The van der Waals surface area contributed by atoms with Crippen LogP contribution in [0.4, 0.5) is 4.79 Å². The molecule has 0 bridgehead atoms. The molecule has 1 aliphatic rings.